The minimum absolute atomic E-state index is 0.143. The number of hydrogen-bond donors (Lipinski definition) is 2. The van der Waals surface area contributed by atoms with Crippen LogP contribution >= 0.6 is 0 Å². The van der Waals surface area contributed by atoms with Crippen molar-refractivity contribution >= 4 is 22.6 Å². The molecule has 0 bridgehead atoms. The van der Waals surface area contributed by atoms with Gasteiger partial charge in [-0.1, -0.05) is 24.3 Å². The topological polar surface area (TPSA) is 93.5 Å². The van der Waals surface area contributed by atoms with Gasteiger partial charge in [0, 0.05) is 58.2 Å². The largest absolute Gasteiger partial charge is 0.381 e. The van der Waals surface area contributed by atoms with Gasteiger partial charge in [0.1, 0.15) is 0 Å². The Morgan fingerprint density at radius 2 is 1.74 bits per heavy atom. The van der Waals surface area contributed by atoms with Gasteiger partial charge in [-0.2, -0.15) is 5.10 Å². The van der Waals surface area contributed by atoms with Crippen LogP contribution in [0.15, 0.2) is 36.7 Å². The van der Waals surface area contributed by atoms with Gasteiger partial charge in [-0.25, -0.2) is 9.67 Å². The number of morpholine rings is 1. The summed E-state index contributed by atoms with van der Waals surface area (Å²) in [6, 6.07) is 8.71. The van der Waals surface area contributed by atoms with Crippen molar-refractivity contribution in [2.24, 2.45) is 0 Å². The maximum atomic E-state index is 13.3. The van der Waals surface area contributed by atoms with Gasteiger partial charge in [-0.15, -0.1) is 0 Å². The Bertz CT molecular complexity index is 1130. The summed E-state index contributed by atoms with van der Waals surface area (Å²) < 4.78 is 12.8. The second kappa shape index (κ2) is 11.2. The average Bonchev–Trinajstić information content (AvgIpc) is 3.33. The van der Waals surface area contributed by atoms with Crippen molar-refractivity contribution < 1.29 is 14.3 Å². The number of carbonyl (C=O) groups is 1. The highest BCUT2D eigenvalue weighted by atomic mass is 16.5. The highest BCUT2D eigenvalue weighted by Crippen LogP contribution is 2.28. The van der Waals surface area contributed by atoms with Crippen molar-refractivity contribution in [2.75, 3.05) is 44.8 Å². The van der Waals surface area contributed by atoms with Gasteiger partial charge in [-0.05, 0) is 30.9 Å². The van der Waals surface area contributed by atoms with Crippen molar-refractivity contribution in [1.82, 2.24) is 25.0 Å². The number of nitrogens with one attached hydrogen (secondary N) is 2. The Kier molecular flexibility index (Phi) is 7.56. The summed E-state index contributed by atoms with van der Waals surface area (Å²) in [7, 11) is 0. The molecule has 2 saturated heterocycles. The number of aryl methyl sites for hydroxylation is 1. The van der Waals surface area contributed by atoms with Gasteiger partial charge in [0.15, 0.2) is 5.65 Å². The van der Waals surface area contributed by atoms with E-state index in [-0.39, 0.29) is 11.9 Å². The number of amides is 1. The zero-order chi connectivity index (χ0) is 24.0. The number of hydrogen-bond acceptors (Lipinski definition) is 7. The van der Waals surface area contributed by atoms with Crippen LogP contribution in [0.5, 0.6) is 0 Å². The van der Waals surface area contributed by atoms with Crippen LogP contribution in [0.3, 0.4) is 0 Å². The fourth-order valence-corrected chi connectivity index (χ4v) is 4.69. The Balaban J connectivity index is 1.28. The molecule has 0 atom stereocenters. The Hall–Kier alpha value is -3.01. The molecule has 0 saturated carbocycles. The number of anilines is 1. The standard InChI is InChI=1S/C26H34N6O3/c1-2-32-25-22(17-29-32)24(30-21-7-11-34-12-8-21)23(16-27-25)26(33)28-15-19-3-5-20(6-4-19)18-31-9-13-35-14-10-31/h3-6,16-17,21H,2,7-15,18H2,1H3,(H,27,30)(H,28,33). The van der Waals surface area contributed by atoms with Crippen LogP contribution in [-0.2, 0) is 29.1 Å². The highest BCUT2D eigenvalue weighted by Gasteiger charge is 2.22. The summed E-state index contributed by atoms with van der Waals surface area (Å²) >= 11 is 0. The van der Waals surface area contributed by atoms with E-state index < -0.39 is 0 Å². The first-order valence-electron chi connectivity index (χ1n) is 12.6. The molecule has 186 valence electrons. The highest BCUT2D eigenvalue weighted by molar-refractivity contribution is 6.06. The van der Waals surface area contributed by atoms with Crippen LogP contribution in [0.4, 0.5) is 5.69 Å². The molecular formula is C26H34N6O3. The van der Waals surface area contributed by atoms with E-state index in [2.05, 4.69) is 49.9 Å². The van der Waals surface area contributed by atoms with Crippen LogP contribution in [0, 0.1) is 0 Å². The molecule has 0 radical (unpaired) electrons. The molecule has 2 aromatic heterocycles. The number of rotatable bonds is 8. The monoisotopic (exact) mass is 478 g/mol. The number of carbonyl (C=O) groups excluding carboxylic acids is 1. The third-order valence-corrected chi connectivity index (χ3v) is 6.77. The molecule has 4 heterocycles. The first-order valence-corrected chi connectivity index (χ1v) is 12.6. The van der Waals surface area contributed by atoms with Gasteiger partial charge < -0.3 is 20.1 Å². The summed E-state index contributed by atoms with van der Waals surface area (Å²) in [4.78, 5) is 20.2. The quantitative estimate of drug-likeness (QED) is 0.514. The van der Waals surface area contributed by atoms with Gasteiger partial charge in [0.05, 0.1) is 36.0 Å². The molecule has 2 aliphatic rings. The summed E-state index contributed by atoms with van der Waals surface area (Å²) in [5.74, 6) is -0.143. The van der Waals surface area contributed by atoms with Crippen molar-refractivity contribution in [3.05, 3.63) is 53.3 Å². The van der Waals surface area contributed by atoms with Crippen LogP contribution in [0.2, 0.25) is 0 Å². The maximum Gasteiger partial charge on any atom is 0.255 e. The fourth-order valence-electron chi connectivity index (χ4n) is 4.69. The van der Waals surface area contributed by atoms with E-state index in [0.717, 1.165) is 87.7 Å². The summed E-state index contributed by atoms with van der Waals surface area (Å²) in [5.41, 5.74) is 4.47. The van der Waals surface area contributed by atoms with Crippen molar-refractivity contribution in [3.63, 3.8) is 0 Å². The molecule has 2 aliphatic heterocycles. The minimum Gasteiger partial charge on any atom is -0.381 e. The molecule has 5 rings (SSSR count). The Morgan fingerprint density at radius 3 is 2.49 bits per heavy atom. The lowest BCUT2D eigenvalue weighted by atomic mass is 10.1. The minimum atomic E-state index is -0.143. The summed E-state index contributed by atoms with van der Waals surface area (Å²) in [6.45, 7) is 9.13. The van der Waals surface area contributed by atoms with Crippen LogP contribution < -0.4 is 10.6 Å². The van der Waals surface area contributed by atoms with Crippen molar-refractivity contribution in [1.29, 1.82) is 0 Å². The first kappa shape index (κ1) is 23.7. The SMILES string of the molecule is CCn1ncc2c(NC3CCOCC3)c(C(=O)NCc3ccc(CN4CCOCC4)cc3)cnc21. The number of ether oxygens (including phenoxy) is 2. The van der Waals surface area contributed by atoms with E-state index in [4.69, 9.17) is 9.47 Å². The number of aromatic nitrogens is 3. The molecule has 2 fully saturated rings. The first-order chi connectivity index (χ1) is 17.2. The predicted octanol–water partition coefficient (Wildman–Crippen LogP) is 2.80. The second-order valence-electron chi connectivity index (χ2n) is 9.16. The fraction of sp³-hybridized carbons (Fsp3) is 0.500. The summed E-state index contributed by atoms with van der Waals surface area (Å²) in [5, 5.41) is 12.0. The summed E-state index contributed by atoms with van der Waals surface area (Å²) in [6.07, 6.45) is 5.28. The van der Waals surface area contributed by atoms with Crippen molar-refractivity contribution in [3.8, 4) is 0 Å². The second-order valence-corrected chi connectivity index (χ2v) is 9.16. The molecule has 1 amide bonds. The van der Waals surface area contributed by atoms with E-state index in [1.807, 2.05) is 11.6 Å². The molecule has 3 aromatic rings. The molecule has 0 unspecified atom stereocenters. The molecule has 9 heteroatoms. The van der Waals surface area contributed by atoms with E-state index in [1.54, 1.807) is 12.4 Å². The Labute approximate surface area is 205 Å². The third-order valence-electron chi connectivity index (χ3n) is 6.77. The third kappa shape index (κ3) is 5.63. The van der Waals surface area contributed by atoms with E-state index >= 15 is 0 Å². The molecule has 35 heavy (non-hydrogen) atoms. The molecule has 1 aromatic carbocycles. The van der Waals surface area contributed by atoms with Gasteiger partial charge >= 0.3 is 0 Å². The van der Waals surface area contributed by atoms with Gasteiger partial charge in [0.2, 0.25) is 0 Å². The molecule has 0 spiro atoms. The van der Waals surface area contributed by atoms with Crippen LogP contribution in [-0.4, -0.2) is 71.1 Å². The Morgan fingerprint density at radius 1 is 1.03 bits per heavy atom. The number of nitrogens with zero attached hydrogens (tertiary/aromatic N) is 4. The van der Waals surface area contributed by atoms with Gasteiger partial charge in [-0.3, -0.25) is 9.69 Å². The van der Waals surface area contributed by atoms with Crippen LogP contribution in [0.25, 0.3) is 11.0 Å². The maximum absolute atomic E-state index is 13.3. The molecular weight excluding hydrogens is 444 g/mol. The molecule has 9 nitrogen and oxygen atoms in total. The number of pyridine rings is 1. The lowest BCUT2D eigenvalue weighted by molar-refractivity contribution is 0.0342. The lowest BCUT2D eigenvalue weighted by Gasteiger charge is -2.26. The van der Waals surface area contributed by atoms with E-state index in [9.17, 15) is 4.79 Å². The zero-order valence-corrected chi connectivity index (χ0v) is 20.3. The average molecular weight is 479 g/mol. The molecule has 2 N–H and O–H groups in total. The number of benzene rings is 1. The smallest absolute Gasteiger partial charge is 0.255 e. The normalized spacial score (nSPS) is 17.5. The van der Waals surface area contributed by atoms with Crippen molar-refractivity contribution in [2.45, 2.75) is 45.4 Å². The zero-order valence-electron chi connectivity index (χ0n) is 20.3. The lowest BCUT2D eigenvalue weighted by Crippen LogP contribution is -2.35. The van der Waals surface area contributed by atoms with E-state index in [1.165, 1.54) is 5.56 Å². The molecule has 0 aliphatic carbocycles. The van der Waals surface area contributed by atoms with Gasteiger partial charge in [0.25, 0.3) is 5.91 Å². The van der Waals surface area contributed by atoms with E-state index in [0.29, 0.717) is 12.1 Å². The number of fused-ring (bicyclic) bond motifs is 1. The predicted molar refractivity (Wildman–Crippen MR) is 134 cm³/mol. The van der Waals surface area contributed by atoms with Crippen LogP contribution in [0.1, 0.15) is 41.3 Å².